The second-order valence-corrected chi connectivity index (χ2v) is 9.26. The molecular weight excluding hydrogens is 539 g/mol. The number of rotatable bonds is 4. The maximum Gasteiger partial charge on any atom is 0.418 e. The fourth-order valence-corrected chi connectivity index (χ4v) is 4.72. The zero-order valence-electron chi connectivity index (χ0n) is 21.0. The summed E-state index contributed by atoms with van der Waals surface area (Å²) in [6.45, 7) is 2.47. The highest BCUT2D eigenvalue weighted by Gasteiger charge is 2.39. The highest BCUT2D eigenvalue weighted by Crippen LogP contribution is 2.39. The summed E-state index contributed by atoms with van der Waals surface area (Å²) in [6, 6.07) is 2.24. The number of nitrogens with one attached hydrogen (secondary N) is 1. The van der Waals surface area contributed by atoms with E-state index in [0.717, 1.165) is 28.0 Å². The number of amides is 2. The van der Waals surface area contributed by atoms with Gasteiger partial charge in [0, 0.05) is 24.0 Å². The van der Waals surface area contributed by atoms with Crippen molar-refractivity contribution in [2.75, 3.05) is 18.8 Å². The van der Waals surface area contributed by atoms with E-state index in [0.29, 0.717) is 5.69 Å². The smallest absolute Gasteiger partial charge is 0.382 e. The van der Waals surface area contributed by atoms with Crippen molar-refractivity contribution in [3.8, 4) is 11.3 Å². The van der Waals surface area contributed by atoms with E-state index in [9.17, 15) is 31.5 Å². The fraction of sp³-hybridized carbons (Fsp3) is 0.280. The number of nitrogens with two attached hydrogens (primary N) is 1. The van der Waals surface area contributed by atoms with Crippen LogP contribution in [0.1, 0.15) is 37.7 Å². The van der Waals surface area contributed by atoms with E-state index >= 15 is 0 Å². The van der Waals surface area contributed by atoms with Crippen molar-refractivity contribution in [3.63, 3.8) is 0 Å². The molecule has 2 amide bonds. The third-order valence-electron chi connectivity index (χ3n) is 6.67. The summed E-state index contributed by atoms with van der Waals surface area (Å²) in [5.41, 5.74) is 4.59. The van der Waals surface area contributed by atoms with Crippen LogP contribution in [0.5, 0.6) is 0 Å². The molecule has 3 N–H and O–H groups in total. The van der Waals surface area contributed by atoms with Gasteiger partial charge in [0.1, 0.15) is 18.0 Å². The van der Waals surface area contributed by atoms with Crippen LogP contribution >= 0.6 is 0 Å². The van der Waals surface area contributed by atoms with E-state index in [2.05, 4.69) is 25.4 Å². The fourth-order valence-electron chi connectivity index (χ4n) is 4.72. The van der Waals surface area contributed by atoms with Crippen molar-refractivity contribution in [2.24, 2.45) is 0 Å². The van der Waals surface area contributed by atoms with Crippen LogP contribution in [0.15, 0.2) is 36.9 Å². The quantitative estimate of drug-likeness (QED) is 0.367. The highest BCUT2D eigenvalue weighted by atomic mass is 19.4. The average molecular weight is 560 g/mol. The van der Waals surface area contributed by atoms with Gasteiger partial charge in [0.25, 0.3) is 11.8 Å². The Hall–Kier alpha value is -4.69. The zero-order valence-corrected chi connectivity index (χ0v) is 21.0. The maximum atomic E-state index is 14.9. The molecule has 0 aliphatic carbocycles. The Kier molecular flexibility index (Phi) is 6.59. The van der Waals surface area contributed by atoms with Gasteiger partial charge in [-0.3, -0.25) is 19.6 Å². The summed E-state index contributed by atoms with van der Waals surface area (Å²) in [5, 5.41) is 6.44. The first-order chi connectivity index (χ1) is 18.9. The average Bonchev–Trinajstić information content (AvgIpc) is 3.46. The number of alkyl halides is 4. The van der Waals surface area contributed by atoms with E-state index in [-0.39, 0.29) is 47.0 Å². The topological polar surface area (TPSA) is 131 Å². The molecule has 4 aromatic rings. The van der Waals surface area contributed by atoms with E-state index in [1.54, 1.807) is 6.92 Å². The van der Waals surface area contributed by atoms with Crippen molar-refractivity contribution in [3.05, 3.63) is 70.8 Å². The molecule has 1 aliphatic heterocycles. The van der Waals surface area contributed by atoms with Gasteiger partial charge in [-0.1, -0.05) is 0 Å². The molecule has 208 valence electrons. The van der Waals surface area contributed by atoms with Crippen LogP contribution in [0.2, 0.25) is 0 Å². The third-order valence-corrected chi connectivity index (χ3v) is 6.67. The number of fused-ring (bicyclic) bond motifs is 1. The molecule has 0 aromatic carbocycles. The van der Waals surface area contributed by atoms with Crippen LogP contribution < -0.4 is 11.1 Å². The highest BCUT2D eigenvalue weighted by molar-refractivity contribution is 5.97. The monoisotopic (exact) mass is 560 g/mol. The van der Waals surface area contributed by atoms with Crippen LogP contribution in [0.3, 0.4) is 0 Å². The number of anilines is 1. The van der Waals surface area contributed by atoms with Crippen molar-refractivity contribution in [2.45, 2.75) is 32.2 Å². The van der Waals surface area contributed by atoms with Gasteiger partial charge in [0.2, 0.25) is 0 Å². The normalized spacial score (nSPS) is 17.4. The molecule has 15 heteroatoms. The van der Waals surface area contributed by atoms with Crippen LogP contribution in [0.4, 0.5) is 27.8 Å². The van der Waals surface area contributed by atoms with Gasteiger partial charge in [-0.05, 0) is 32.0 Å². The maximum absolute atomic E-state index is 14.9. The summed E-state index contributed by atoms with van der Waals surface area (Å²) >= 11 is 0. The van der Waals surface area contributed by atoms with Gasteiger partial charge in [-0.25, -0.2) is 18.3 Å². The second-order valence-electron chi connectivity index (χ2n) is 9.26. The summed E-state index contributed by atoms with van der Waals surface area (Å²) in [7, 11) is 0. The summed E-state index contributed by atoms with van der Waals surface area (Å²) in [4.78, 5) is 38.5. The van der Waals surface area contributed by atoms with Gasteiger partial charge >= 0.3 is 6.18 Å². The minimum Gasteiger partial charge on any atom is -0.382 e. The molecule has 0 unspecified atom stereocenters. The molecule has 10 nitrogen and oxygen atoms in total. The number of carbonyl (C=O) groups excluding carboxylic acids is 2. The molecule has 1 aliphatic rings. The molecule has 0 radical (unpaired) electrons. The van der Waals surface area contributed by atoms with E-state index < -0.39 is 47.1 Å². The molecule has 40 heavy (non-hydrogen) atoms. The van der Waals surface area contributed by atoms with Crippen LogP contribution in [-0.2, 0) is 6.18 Å². The zero-order chi connectivity index (χ0) is 28.9. The van der Waals surface area contributed by atoms with Crippen LogP contribution in [-0.4, -0.2) is 66.6 Å². The van der Waals surface area contributed by atoms with Gasteiger partial charge in [-0.2, -0.15) is 18.3 Å². The number of aryl methyl sites for hydroxylation is 2. The Labute approximate surface area is 223 Å². The van der Waals surface area contributed by atoms with Crippen molar-refractivity contribution >= 4 is 23.1 Å². The van der Waals surface area contributed by atoms with Gasteiger partial charge in [0.05, 0.1) is 46.9 Å². The molecule has 0 spiro atoms. The first kappa shape index (κ1) is 26.9. The Morgan fingerprint density at radius 3 is 2.58 bits per heavy atom. The largest absolute Gasteiger partial charge is 0.418 e. The SMILES string of the molecule is Cc1nc(C)c(-c2cc(C(F)(F)F)c3c(N)ncnn23)cc1C(=O)N[C@@H]1CN(C(=O)c2ccncc2F)C[C@@H]1F. The van der Waals surface area contributed by atoms with Crippen molar-refractivity contribution in [1.29, 1.82) is 0 Å². The number of hydrogen-bond donors (Lipinski definition) is 2. The minimum atomic E-state index is -4.77. The second kappa shape index (κ2) is 9.81. The number of carbonyl (C=O) groups is 2. The lowest BCUT2D eigenvalue weighted by Gasteiger charge is -2.18. The molecular formula is C25H21F5N8O2. The predicted octanol–water partition coefficient (Wildman–Crippen LogP) is 3.14. The van der Waals surface area contributed by atoms with E-state index in [4.69, 9.17) is 5.73 Å². The number of nitrogens with zero attached hydrogens (tertiary/aromatic N) is 6. The number of nitrogen functional groups attached to an aromatic ring is 1. The molecule has 0 saturated carbocycles. The molecule has 1 saturated heterocycles. The standard InChI is InChI=1S/C25H21F5N8O2/c1-11-14(20-6-16(25(28,29)30)21-22(31)33-10-34-38(20)21)5-15(12(2)35-11)23(39)36-19-9-37(8-18(19)27)24(40)13-3-4-32-7-17(13)26/h3-7,10,18-19H,8-9H2,1-2H3,(H,36,39)(H2,31,33,34)/t18-,19+/m0/s1. The lowest BCUT2D eigenvalue weighted by Crippen LogP contribution is -2.42. The van der Waals surface area contributed by atoms with Crippen molar-refractivity contribution in [1.82, 2.24) is 34.8 Å². The van der Waals surface area contributed by atoms with Crippen LogP contribution in [0.25, 0.3) is 16.8 Å². The Balaban J connectivity index is 1.45. The number of halogens is 5. The lowest BCUT2D eigenvalue weighted by molar-refractivity contribution is -0.136. The molecule has 0 bridgehead atoms. The van der Waals surface area contributed by atoms with Gasteiger partial charge in [-0.15, -0.1) is 0 Å². The Morgan fingerprint density at radius 1 is 1.12 bits per heavy atom. The summed E-state index contributed by atoms with van der Waals surface area (Å²) in [6.07, 6.45) is -3.32. The molecule has 5 rings (SSSR count). The third kappa shape index (κ3) is 4.67. The van der Waals surface area contributed by atoms with Gasteiger partial charge < -0.3 is 16.0 Å². The van der Waals surface area contributed by atoms with Crippen molar-refractivity contribution < 1.29 is 31.5 Å². The lowest BCUT2D eigenvalue weighted by atomic mass is 10.0. The summed E-state index contributed by atoms with van der Waals surface area (Å²) in [5.74, 6) is -2.75. The number of hydrogen-bond acceptors (Lipinski definition) is 7. The van der Waals surface area contributed by atoms with E-state index in [1.165, 1.54) is 25.3 Å². The number of aromatic nitrogens is 5. The molecule has 4 aromatic heterocycles. The van der Waals surface area contributed by atoms with E-state index in [1.807, 2.05) is 0 Å². The summed E-state index contributed by atoms with van der Waals surface area (Å²) < 4.78 is 71.2. The van der Waals surface area contributed by atoms with Crippen LogP contribution in [0, 0.1) is 19.7 Å². The molecule has 2 atom stereocenters. The van der Waals surface area contributed by atoms with Gasteiger partial charge in [0.15, 0.2) is 11.6 Å². The number of likely N-dealkylation sites (tertiary alicyclic amines) is 1. The predicted molar refractivity (Wildman–Crippen MR) is 131 cm³/mol. The minimum absolute atomic E-state index is 0.0247. The molecule has 1 fully saturated rings. The first-order valence-corrected chi connectivity index (χ1v) is 11.9. The first-order valence-electron chi connectivity index (χ1n) is 11.9. The Morgan fingerprint density at radius 2 is 1.88 bits per heavy atom. The molecule has 5 heterocycles. The Bertz CT molecular complexity index is 1650. The number of pyridine rings is 2.